The molecular formula is C19H12ClFN4. The number of nitrogen functional groups attached to an aromatic ring is 1. The van der Waals surface area contributed by atoms with Crippen LogP contribution in [0.15, 0.2) is 60.7 Å². The molecule has 0 atom stereocenters. The fourth-order valence-electron chi connectivity index (χ4n) is 2.54. The van der Waals surface area contributed by atoms with Crippen LogP contribution < -0.4 is 5.73 Å². The van der Waals surface area contributed by atoms with Gasteiger partial charge in [0.25, 0.3) is 0 Å². The van der Waals surface area contributed by atoms with Gasteiger partial charge in [-0.05, 0) is 60.7 Å². The molecule has 25 heavy (non-hydrogen) atoms. The predicted octanol–water partition coefficient (Wildman–Crippen LogP) is 4.73. The molecule has 0 amide bonds. The van der Waals surface area contributed by atoms with Crippen LogP contribution in [0.5, 0.6) is 0 Å². The number of anilines is 1. The van der Waals surface area contributed by atoms with E-state index in [1.165, 1.54) is 12.1 Å². The number of fused-ring (bicyclic) bond motifs is 1. The van der Waals surface area contributed by atoms with Gasteiger partial charge in [0.05, 0.1) is 11.1 Å². The number of benzene rings is 2. The summed E-state index contributed by atoms with van der Waals surface area (Å²) in [6.45, 7) is 0. The first-order valence-corrected chi connectivity index (χ1v) is 7.94. The lowest BCUT2D eigenvalue weighted by Crippen LogP contribution is -2.00. The maximum atomic E-state index is 13.1. The van der Waals surface area contributed by atoms with Crippen molar-refractivity contribution in [3.63, 3.8) is 0 Å². The minimum atomic E-state index is -0.291. The number of halogens is 2. The van der Waals surface area contributed by atoms with E-state index in [-0.39, 0.29) is 5.82 Å². The fraction of sp³-hybridized carbons (Fsp3) is 0. The Morgan fingerprint density at radius 1 is 0.760 bits per heavy atom. The molecule has 4 aromatic rings. The maximum absolute atomic E-state index is 13.1. The van der Waals surface area contributed by atoms with Crippen molar-refractivity contribution in [2.24, 2.45) is 0 Å². The van der Waals surface area contributed by atoms with Crippen LogP contribution in [0, 0.1) is 5.82 Å². The zero-order chi connectivity index (χ0) is 17.4. The summed E-state index contributed by atoms with van der Waals surface area (Å²) in [6, 6.07) is 17.0. The summed E-state index contributed by atoms with van der Waals surface area (Å²) in [6.07, 6.45) is 0. The third kappa shape index (κ3) is 3.02. The first kappa shape index (κ1) is 15.5. The Morgan fingerprint density at radius 2 is 1.44 bits per heavy atom. The van der Waals surface area contributed by atoms with E-state index in [0.717, 1.165) is 11.1 Å². The molecule has 122 valence electrons. The van der Waals surface area contributed by atoms with Crippen molar-refractivity contribution in [2.45, 2.75) is 0 Å². The van der Waals surface area contributed by atoms with Crippen molar-refractivity contribution in [3.8, 4) is 22.6 Å². The highest BCUT2D eigenvalue weighted by Gasteiger charge is 2.10. The van der Waals surface area contributed by atoms with Crippen LogP contribution in [-0.4, -0.2) is 15.0 Å². The monoisotopic (exact) mass is 350 g/mol. The quantitative estimate of drug-likeness (QED) is 0.567. The average molecular weight is 351 g/mol. The molecule has 0 aliphatic rings. The third-order valence-electron chi connectivity index (χ3n) is 3.83. The highest BCUT2D eigenvalue weighted by molar-refractivity contribution is 6.30. The molecule has 0 fully saturated rings. The number of nitrogens with two attached hydrogens (primary N) is 1. The summed E-state index contributed by atoms with van der Waals surface area (Å²) < 4.78 is 13.1. The minimum absolute atomic E-state index is 0.291. The van der Waals surface area contributed by atoms with E-state index in [1.54, 1.807) is 24.3 Å². The van der Waals surface area contributed by atoms with Crippen molar-refractivity contribution >= 4 is 28.5 Å². The van der Waals surface area contributed by atoms with Gasteiger partial charge in [-0.3, -0.25) is 0 Å². The Labute approximate surface area is 148 Å². The van der Waals surface area contributed by atoms with E-state index < -0.39 is 0 Å². The summed E-state index contributed by atoms with van der Waals surface area (Å²) in [5.74, 6) is 0.541. The van der Waals surface area contributed by atoms with Gasteiger partial charge in [-0.1, -0.05) is 11.6 Å². The maximum Gasteiger partial charge on any atom is 0.165 e. The second-order valence-electron chi connectivity index (χ2n) is 5.51. The van der Waals surface area contributed by atoms with Gasteiger partial charge < -0.3 is 5.73 Å². The van der Waals surface area contributed by atoms with Gasteiger partial charge in [0.1, 0.15) is 11.6 Å². The lowest BCUT2D eigenvalue weighted by molar-refractivity contribution is 0.628. The summed E-state index contributed by atoms with van der Waals surface area (Å²) >= 11 is 5.92. The molecule has 2 N–H and O–H groups in total. The van der Waals surface area contributed by atoms with Crippen molar-refractivity contribution in [2.75, 3.05) is 5.73 Å². The SMILES string of the molecule is Nc1nc(-c2ccc(Cl)cc2)nc2nc(-c3ccc(F)cc3)ccc12. The van der Waals surface area contributed by atoms with Gasteiger partial charge in [0.2, 0.25) is 0 Å². The van der Waals surface area contributed by atoms with E-state index in [4.69, 9.17) is 17.3 Å². The van der Waals surface area contributed by atoms with Gasteiger partial charge in [0, 0.05) is 16.1 Å². The second-order valence-corrected chi connectivity index (χ2v) is 5.95. The van der Waals surface area contributed by atoms with E-state index in [2.05, 4.69) is 15.0 Å². The Balaban J connectivity index is 1.85. The number of nitrogens with zero attached hydrogens (tertiary/aromatic N) is 3. The highest BCUT2D eigenvalue weighted by atomic mass is 35.5. The Kier molecular flexibility index (Phi) is 3.78. The van der Waals surface area contributed by atoms with Crippen LogP contribution in [0.25, 0.3) is 33.7 Å². The van der Waals surface area contributed by atoms with Crippen LogP contribution in [0.3, 0.4) is 0 Å². The number of pyridine rings is 1. The third-order valence-corrected chi connectivity index (χ3v) is 4.08. The molecule has 2 aromatic carbocycles. The van der Waals surface area contributed by atoms with E-state index >= 15 is 0 Å². The molecular weight excluding hydrogens is 339 g/mol. The van der Waals surface area contributed by atoms with Crippen LogP contribution in [0.4, 0.5) is 10.2 Å². The predicted molar refractivity (Wildman–Crippen MR) is 97.6 cm³/mol. The second kappa shape index (κ2) is 6.11. The Bertz CT molecular complexity index is 1060. The largest absolute Gasteiger partial charge is 0.383 e. The molecule has 6 heteroatoms. The Hall–Kier alpha value is -3.05. The van der Waals surface area contributed by atoms with Crippen molar-refractivity contribution in [1.29, 1.82) is 0 Å². The summed E-state index contributed by atoms with van der Waals surface area (Å²) in [5.41, 5.74) is 8.84. The van der Waals surface area contributed by atoms with Crippen molar-refractivity contribution < 1.29 is 4.39 Å². The van der Waals surface area contributed by atoms with Crippen LogP contribution in [0.1, 0.15) is 0 Å². The lowest BCUT2D eigenvalue weighted by Gasteiger charge is -2.07. The molecule has 0 spiro atoms. The molecule has 2 heterocycles. The molecule has 0 saturated heterocycles. The zero-order valence-electron chi connectivity index (χ0n) is 12.9. The van der Waals surface area contributed by atoms with Crippen molar-refractivity contribution in [3.05, 3.63) is 71.5 Å². The molecule has 4 nitrogen and oxygen atoms in total. The van der Waals surface area contributed by atoms with Gasteiger partial charge in [-0.15, -0.1) is 0 Å². The average Bonchev–Trinajstić information content (AvgIpc) is 2.62. The van der Waals surface area contributed by atoms with Gasteiger partial charge in [-0.2, -0.15) is 0 Å². The number of hydrogen-bond donors (Lipinski definition) is 1. The van der Waals surface area contributed by atoms with E-state index in [1.807, 2.05) is 24.3 Å². The molecule has 2 aromatic heterocycles. The lowest BCUT2D eigenvalue weighted by atomic mass is 10.1. The summed E-state index contributed by atoms with van der Waals surface area (Å²) in [5, 5.41) is 1.30. The normalized spacial score (nSPS) is 11.0. The standard InChI is InChI=1S/C19H12ClFN4/c20-13-5-1-12(2-6-13)18-24-17(22)15-9-10-16(23-19(15)25-18)11-3-7-14(21)8-4-11/h1-10H,(H2,22,23,24,25). The minimum Gasteiger partial charge on any atom is -0.383 e. The number of aromatic nitrogens is 3. The van der Waals surface area contributed by atoms with Gasteiger partial charge >= 0.3 is 0 Å². The molecule has 0 bridgehead atoms. The van der Waals surface area contributed by atoms with Crippen LogP contribution >= 0.6 is 11.6 Å². The number of rotatable bonds is 2. The first-order valence-electron chi connectivity index (χ1n) is 7.56. The van der Waals surface area contributed by atoms with Gasteiger partial charge in [-0.25, -0.2) is 19.3 Å². The molecule has 0 unspecified atom stereocenters. The van der Waals surface area contributed by atoms with Crippen molar-refractivity contribution in [1.82, 2.24) is 15.0 Å². The number of hydrogen-bond acceptors (Lipinski definition) is 4. The fourth-order valence-corrected chi connectivity index (χ4v) is 2.67. The molecule has 0 radical (unpaired) electrons. The van der Waals surface area contributed by atoms with Gasteiger partial charge in [0.15, 0.2) is 11.5 Å². The van der Waals surface area contributed by atoms with E-state index in [0.29, 0.717) is 33.4 Å². The molecule has 4 rings (SSSR count). The first-order chi connectivity index (χ1) is 12.1. The molecule has 0 aliphatic carbocycles. The van der Waals surface area contributed by atoms with Crippen LogP contribution in [0.2, 0.25) is 5.02 Å². The molecule has 0 saturated carbocycles. The molecule has 0 aliphatic heterocycles. The smallest absolute Gasteiger partial charge is 0.165 e. The summed E-state index contributed by atoms with van der Waals surface area (Å²) in [4.78, 5) is 13.4. The summed E-state index contributed by atoms with van der Waals surface area (Å²) in [7, 11) is 0. The Morgan fingerprint density at radius 3 is 2.16 bits per heavy atom. The zero-order valence-corrected chi connectivity index (χ0v) is 13.7. The van der Waals surface area contributed by atoms with Crippen LogP contribution in [-0.2, 0) is 0 Å². The van der Waals surface area contributed by atoms with E-state index in [9.17, 15) is 4.39 Å². The highest BCUT2D eigenvalue weighted by Crippen LogP contribution is 2.26. The topological polar surface area (TPSA) is 64.7 Å².